The molecule has 3 aromatic rings. The fourth-order valence-corrected chi connectivity index (χ4v) is 3.60. The summed E-state index contributed by atoms with van der Waals surface area (Å²) in [6.45, 7) is 5.31. The van der Waals surface area contributed by atoms with Crippen LogP contribution in [0.15, 0.2) is 35.3 Å². The van der Waals surface area contributed by atoms with Crippen molar-refractivity contribution in [2.45, 2.75) is 39.2 Å². The number of fused-ring (bicyclic) bond motifs is 1. The zero-order valence-corrected chi connectivity index (χ0v) is 15.9. The molecule has 7 nitrogen and oxygen atoms in total. The number of halogens is 1. The van der Waals surface area contributed by atoms with Crippen molar-refractivity contribution >= 4 is 16.8 Å². The van der Waals surface area contributed by atoms with Crippen LogP contribution < -0.4 is 5.56 Å². The highest BCUT2D eigenvalue weighted by molar-refractivity contribution is 5.82. The van der Waals surface area contributed by atoms with E-state index in [1.807, 2.05) is 13.8 Å². The first-order chi connectivity index (χ1) is 13.5. The molecule has 0 radical (unpaired) electrons. The molecule has 1 aliphatic heterocycles. The standard InChI is InChI=1S/C20H22FN5O2/c1-13(2)18-16-11-22-26(15-7-5-14(21)6-8-15)19(16)20(28)25(23-18)12-17(27)24-9-3-4-10-24/h5-8,11,13H,3-4,9-10,12H2,1-2H3. The molecule has 0 aliphatic carbocycles. The van der Waals surface area contributed by atoms with E-state index in [0.29, 0.717) is 22.3 Å². The lowest BCUT2D eigenvalue weighted by molar-refractivity contribution is -0.131. The first-order valence-corrected chi connectivity index (χ1v) is 9.48. The van der Waals surface area contributed by atoms with Gasteiger partial charge in [-0.15, -0.1) is 0 Å². The van der Waals surface area contributed by atoms with Gasteiger partial charge in [0.05, 0.1) is 17.6 Å². The minimum Gasteiger partial charge on any atom is -0.341 e. The van der Waals surface area contributed by atoms with Crippen LogP contribution >= 0.6 is 0 Å². The van der Waals surface area contributed by atoms with Crippen molar-refractivity contribution in [2.24, 2.45) is 0 Å². The molecule has 3 heterocycles. The van der Waals surface area contributed by atoms with Crippen molar-refractivity contribution < 1.29 is 9.18 Å². The van der Waals surface area contributed by atoms with Gasteiger partial charge in [-0.3, -0.25) is 9.59 Å². The number of aromatic nitrogens is 4. The predicted octanol–water partition coefficient (Wildman–Crippen LogP) is 2.47. The Labute approximate surface area is 161 Å². The minimum absolute atomic E-state index is 0.0436. The van der Waals surface area contributed by atoms with E-state index in [1.54, 1.807) is 23.2 Å². The Morgan fingerprint density at radius 2 is 1.86 bits per heavy atom. The summed E-state index contributed by atoms with van der Waals surface area (Å²) in [6, 6.07) is 5.78. The third-order valence-corrected chi connectivity index (χ3v) is 5.07. The maximum absolute atomic E-state index is 13.3. The first kappa shape index (κ1) is 18.3. The summed E-state index contributed by atoms with van der Waals surface area (Å²) in [5.41, 5.74) is 1.25. The van der Waals surface area contributed by atoms with Gasteiger partial charge in [-0.25, -0.2) is 13.8 Å². The molecule has 0 saturated carbocycles. The summed E-state index contributed by atoms with van der Waals surface area (Å²) in [6.07, 6.45) is 3.58. The van der Waals surface area contributed by atoms with Gasteiger partial charge >= 0.3 is 0 Å². The summed E-state index contributed by atoms with van der Waals surface area (Å²) in [5, 5.41) is 9.47. The van der Waals surface area contributed by atoms with Crippen LogP contribution in [0.3, 0.4) is 0 Å². The second-order valence-electron chi connectivity index (χ2n) is 7.39. The molecule has 0 N–H and O–H groups in total. The summed E-state index contributed by atoms with van der Waals surface area (Å²) >= 11 is 0. The fourth-order valence-electron chi connectivity index (χ4n) is 3.60. The maximum atomic E-state index is 13.3. The highest BCUT2D eigenvalue weighted by Gasteiger charge is 2.23. The zero-order chi connectivity index (χ0) is 19.8. The van der Waals surface area contributed by atoms with Crippen molar-refractivity contribution in [3.63, 3.8) is 0 Å². The number of nitrogens with zero attached hydrogens (tertiary/aromatic N) is 5. The Balaban J connectivity index is 1.85. The van der Waals surface area contributed by atoms with E-state index in [1.165, 1.54) is 21.5 Å². The average molecular weight is 383 g/mol. The second-order valence-corrected chi connectivity index (χ2v) is 7.39. The van der Waals surface area contributed by atoms with Crippen LogP contribution in [0.2, 0.25) is 0 Å². The van der Waals surface area contributed by atoms with E-state index >= 15 is 0 Å². The van der Waals surface area contributed by atoms with E-state index in [0.717, 1.165) is 25.9 Å². The normalized spacial score (nSPS) is 14.4. The van der Waals surface area contributed by atoms with E-state index in [-0.39, 0.29) is 29.7 Å². The van der Waals surface area contributed by atoms with Gasteiger partial charge < -0.3 is 4.90 Å². The average Bonchev–Trinajstić information content (AvgIpc) is 3.34. The van der Waals surface area contributed by atoms with Gasteiger partial charge in [0, 0.05) is 18.5 Å². The molecule has 146 valence electrons. The Morgan fingerprint density at radius 1 is 1.18 bits per heavy atom. The molecule has 1 fully saturated rings. The largest absolute Gasteiger partial charge is 0.341 e. The lowest BCUT2D eigenvalue weighted by Gasteiger charge is -2.17. The number of likely N-dealkylation sites (tertiary alicyclic amines) is 1. The van der Waals surface area contributed by atoms with Crippen molar-refractivity contribution in [2.75, 3.05) is 13.1 Å². The van der Waals surface area contributed by atoms with Crippen molar-refractivity contribution in [1.82, 2.24) is 24.5 Å². The quantitative estimate of drug-likeness (QED) is 0.694. The van der Waals surface area contributed by atoms with Gasteiger partial charge in [0.25, 0.3) is 5.56 Å². The number of benzene rings is 1. The maximum Gasteiger partial charge on any atom is 0.293 e. The highest BCUT2D eigenvalue weighted by atomic mass is 19.1. The Morgan fingerprint density at radius 3 is 2.50 bits per heavy atom. The van der Waals surface area contributed by atoms with Crippen LogP contribution in [0.4, 0.5) is 4.39 Å². The van der Waals surface area contributed by atoms with E-state index < -0.39 is 0 Å². The smallest absolute Gasteiger partial charge is 0.293 e. The van der Waals surface area contributed by atoms with Crippen LogP contribution in [0.1, 0.15) is 38.3 Å². The summed E-state index contributed by atoms with van der Waals surface area (Å²) < 4.78 is 16.0. The number of hydrogen-bond donors (Lipinski definition) is 0. The number of carbonyl (C=O) groups excluding carboxylic acids is 1. The lowest BCUT2D eigenvalue weighted by Crippen LogP contribution is -2.36. The van der Waals surface area contributed by atoms with Gasteiger partial charge in [-0.05, 0) is 43.0 Å². The molecule has 1 aromatic carbocycles. The van der Waals surface area contributed by atoms with Crippen LogP contribution in [0.5, 0.6) is 0 Å². The van der Waals surface area contributed by atoms with Gasteiger partial charge in [-0.2, -0.15) is 10.2 Å². The molecular formula is C20H22FN5O2. The third-order valence-electron chi connectivity index (χ3n) is 5.07. The number of amides is 1. The molecule has 0 unspecified atom stereocenters. The number of hydrogen-bond acceptors (Lipinski definition) is 4. The Hall–Kier alpha value is -3.03. The van der Waals surface area contributed by atoms with E-state index in [9.17, 15) is 14.0 Å². The summed E-state index contributed by atoms with van der Waals surface area (Å²) in [5.74, 6) is -0.422. The third kappa shape index (κ3) is 3.19. The lowest BCUT2D eigenvalue weighted by atomic mass is 10.1. The first-order valence-electron chi connectivity index (χ1n) is 9.48. The fraction of sp³-hybridized carbons (Fsp3) is 0.400. The van der Waals surface area contributed by atoms with Crippen LogP contribution in [-0.2, 0) is 11.3 Å². The summed E-state index contributed by atoms with van der Waals surface area (Å²) in [7, 11) is 0. The topological polar surface area (TPSA) is 73.0 Å². The van der Waals surface area contributed by atoms with E-state index in [2.05, 4.69) is 10.2 Å². The molecule has 2 aromatic heterocycles. The molecule has 28 heavy (non-hydrogen) atoms. The van der Waals surface area contributed by atoms with E-state index in [4.69, 9.17) is 0 Å². The molecular weight excluding hydrogens is 361 g/mol. The van der Waals surface area contributed by atoms with Crippen molar-refractivity contribution in [1.29, 1.82) is 0 Å². The Kier molecular flexibility index (Phi) is 4.70. The van der Waals surface area contributed by atoms with Crippen LogP contribution in [-0.4, -0.2) is 43.5 Å². The molecule has 1 saturated heterocycles. The predicted molar refractivity (Wildman–Crippen MR) is 103 cm³/mol. The van der Waals surface area contributed by atoms with Gasteiger partial charge in [0.2, 0.25) is 5.91 Å². The SMILES string of the molecule is CC(C)c1nn(CC(=O)N2CCCC2)c(=O)c2c1cnn2-c1ccc(F)cc1. The van der Waals surface area contributed by atoms with Gasteiger partial charge in [0.1, 0.15) is 17.9 Å². The number of carbonyl (C=O) groups is 1. The molecule has 0 bridgehead atoms. The molecule has 8 heteroatoms. The molecule has 1 aliphatic rings. The van der Waals surface area contributed by atoms with Gasteiger partial charge in [-0.1, -0.05) is 13.8 Å². The van der Waals surface area contributed by atoms with Gasteiger partial charge in [0.15, 0.2) is 0 Å². The van der Waals surface area contributed by atoms with Crippen molar-refractivity contribution in [3.05, 3.63) is 52.3 Å². The molecule has 0 atom stereocenters. The van der Waals surface area contributed by atoms with Crippen LogP contribution in [0.25, 0.3) is 16.6 Å². The molecule has 0 spiro atoms. The minimum atomic E-state index is -0.381. The summed E-state index contributed by atoms with van der Waals surface area (Å²) in [4.78, 5) is 27.5. The van der Waals surface area contributed by atoms with Crippen LogP contribution in [0, 0.1) is 5.82 Å². The van der Waals surface area contributed by atoms with Crippen molar-refractivity contribution in [3.8, 4) is 5.69 Å². The highest BCUT2D eigenvalue weighted by Crippen LogP contribution is 2.23. The molecule has 4 rings (SSSR count). The second kappa shape index (κ2) is 7.18. The Bertz CT molecular complexity index is 1080. The molecule has 1 amide bonds. The monoisotopic (exact) mass is 383 g/mol. The number of rotatable bonds is 4. The zero-order valence-electron chi connectivity index (χ0n) is 15.9.